The van der Waals surface area contributed by atoms with Crippen molar-refractivity contribution in [3.05, 3.63) is 0 Å². The van der Waals surface area contributed by atoms with E-state index in [0.717, 1.165) is 15.1 Å². The Bertz CT molecular complexity index is 260. The second kappa shape index (κ2) is 8.50. The molecular formula is C14H34B3N3. The van der Waals surface area contributed by atoms with Crippen LogP contribution in [0.1, 0.15) is 67.7 Å². The molecule has 1 aliphatic heterocycles. The van der Waals surface area contributed by atoms with Gasteiger partial charge in [0.2, 0.25) is 0 Å². The first-order valence-corrected chi connectivity index (χ1v) is 8.75. The largest absolute Gasteiger partial charge is 0.361 e. The van der Waals surface area contributed by atoms with E-state index in [2.05, 4.69) is 62.6 Å². The molecule has 0 aromatic rings. The van der Waals surface area contributed by atoms with E-state index in [0.29, 0.717) is 25.1 Å². The maximum absolute atomic E-state index is 2.72. The number of rotatable bonds is 7. The molecule has 0 aliphatic carbocycles. The normalized spacial score (nSPS) is 23.1. The lowest BCUT2D eigenvalue weighted by Crippen LogP contribution is -2.72. The SMILES string of the molecule is CCB1N(C(C)CC)BN(C(C)CC)BN1C(C)CC. The van der Waals surface area contributed by atoms with E-state index in [9.17, 15) is 0 Å². The van der Waals surface area contributed by atoms with Gasteiger partial charge in [-0.05, 0) is 43.7 Å². The summed E-state index contributed by atoms with van der Waals surface area (Å²) in [5.41, 5.74) is 0. The molecule has 3 atom stereocenters. The van der Waals surface area contributed by atoms with Crippen molar-refractivity contribution in [2.75, 3.05) is 0 Å². The van der Waals surface area contributed by atoms with Crippen molar-refractivity contribution in [3.8, 4) is 0 Å². The molecule has 1 saturated heterocycles. The molecule has 0 bridgehead atoms. The Balaban J connectivity index is 2.95. The standard InChI is InChI=1S/C14H34B3N3/c1-8-12(5)18-15-19(13(6)9-2)17(11-4)20(16-18)14(7)10-3/h12-16H,8-11H2,1-7H3. The third-order valence-electron chi connectivity index (χ3n) is 5.35. The average Bonchev–Trinajstić information content (AvgIpc) is 2.50. The van der Waals surface area contributed by atoms with Crippen LogP contribution in [0.2, 0.25) is 6.32 Å². The molecule has 0 N–H and O–H groups in total. The Hall–Kier alpha value is 0.0748. The van der Waals surface area contributed by atoms with Gasteiger partial charge in [0.15, 0.2) is 0 Å². The fraction of sp³-hybridized carbons (Fsp3) is 1.00. The quantitative estimate of drug-likeness (QED) is 0.661. The van der Waals surface area contributed by atoms with Crippen molar-refractivity contribution in [3.63, 3.8) is 0 Å². The molecule has 1 heterocycles. The Morgan fingerprint density at radius 3 is 1.45 bits per heavy atom. The second-order valence-corrected chi connectivity index (χ2v) is 6.56. The smallest absolute Gasteiger partial charge is 0.289 e. The van der Waals surface area contributed by atoms with Crippen LogP contribution < -0.4 is 0 Å². The zero-order valence-electron chi connectivity index (χ0n) is 14.9. The van der Waals surface area contributed by atoms with Crippen LogP contribution in [-0.4, -0.2) is 54.4 Å². The maximum atomic E-state index is 2.72. The van der Waals surface area contributed by atoms with Gasteiger partial charge in [-0.25, -0.2) is 0 Å². The highest BCUT2D eigenvalue weighted by Crippen LogP contribution is 2.21. The lowest BCUT2D eigenvalue weighted by atomic mass is 9.54. The summed E-state index contributed by atoms with van der Waals surface area (Å²) < 4.78 is 8.11. The summed E-state index contributed by atoms with van der Waals surface area (Å²) in [6.07, 6.45) is 4.93. The van der Waals surface area contributed by atoms with Gasteiger partial charge in [0.1, 0.15) is 0 Å². The second-order valence-electron chi connectivity index (χ2n) is 6.56. The molecule has 114 valence electrons. The molecule has 0 saturated carbocycles. The predicted octanol–water partition coefficient (Wildman–Crippen LogP) is 2.34. The first-order valence-electron chi connectivity index (χ1n) is 8.75. The molecule has 0 amide bonds. The minimum absolute atomic E-state index is 0.611. The number of nitrogens with zero attached hydrogens (tertiary/aromatic N) is 3. The molecule has 0 spiro atoms. The minimum atomic E-state index is 0.611. The van der Waals surface area contributed by atoms with Crippen molar-refractivity contribution in [2.24, 2.45) is 0 Å². The van der Waals surface area contributed by atoms with Crippen LogP contribution in [-0.2, 0) is 0 Å². The molecule has 3 unspecified atom stereocenters. The van der Waals surface area contributed by atoms with Crippen LogP contribution in [0.25, 0.3) is 0 Å². The Morgan fingerprint density at radius 1 is 0.750 bits per heavy atom. The van der Waals surface area contributed by atoms with Crippen molar-refractivity contribution in [1.82, 2.24) is 14.2 Å². The van der Waals surface area contributed by atoms with E-state index in [1.54, 1.807) is 0 Å². The van der Waals surface area contributed by atoms with Gasteiger partial charge in [-0.3, -0.25) is 0 Å². The van der Waals surface area contributed by atoms with E-state index in [1.807, 2.05) is 0 Å². The van der Waals surface area contributed by atoms with E-state index in [-0.39, 0.29) is 0 Å². The van der Waals surface area contributed by atoms with E-state index in [1.165, 1.54) is 25.6 Å². The third kappa shape index (κ3) is 4.05. The van der Waals surface area contributed by atoms with Gasteiger partial charge in [0.25, 0.3) is 22.1 Å². The lowest BCUT2D eigenvalue weighted by Gasteiger charge is -2.51. The van der Waals surface area contributed by atoms with Gasteiger partial charge in [0, 0.05) is 0 Å². The molecule has 0 aromatic carbocycles. The van der Waals surface area contributed by atoms with Gasteiger partial charge >= 0.3 is 0 Å². The lowest BCUT2D eigenvalue weighted by molar-refractivity contribution is 0.335. The molecule has 1 rings (SSSR count). The summed E-state index contributed by atoms with van der Waals surface area (Å²) in [6, 6.07) is 2.00. The molecule has 3 nitrogen and oxygen atoms in total. The molecule has 0 aromatic heterocycles. The maximum Gasteiger partial charge on any atom is 0.289 e. The van der Waals surface area contributed by atoms with Crippen molar-refractivity contribution in [1.29, 1.82) is 0 Å². The average molecular weight is 277 g/mol. The summed E-state index contributed by atoms with van der Waals surface area (Å²) in [4.78, 5) is 0. The molecule has 1 fully saturated rings. The highest BCUT2D eigenvalue weighted by atomic mass is 15.3. The van der Waals surface area contributed by atoms with E-state index >= 15 is 0 Å². The molecule has 20 heavy (non-hydrogen) atoms. The summed E-state index contributed by atoms with van der Waals surface area (Å²) in [7, 11) is 2.27. The van der Waals surface area contributed by atoms with Gasteiger partial charge in [-0.15, -0.1) is 0 Å². The monoisotopic (exact) mass is 277 g/mol. The number of hydrogen-bond donors (Lipinski definition) is 0. The molecular weight excluding hydrogens is 243 g/mol. The summed E-state index contributed by atoms with van der Waals surface area (Å²) >= 11 is 0. The first kappa shape index (κ1) is 18.1. The zero-order valence-corrected chi connectivity index (χ0v) is 14.9. The summed E-state index contributed by atoms with van der Waals surface area (Å²) in [6.45, 7) is 17.0. The van der Waals surface area contributed by atoms with E-state index in [4.69, 9.17) is 0 Å². The van der Waals surface area contributed by atoms with Gasteiger partial charge in [-0.2, -0.15) is 0 Å². The Kier molecular flexibility index (Phi) is 7.70. The highest BCUT2D eigenvalue weighted by molar-refractivity contribution is 6.74. The van der Waals surface area contributed by atoms with Crippen LogP contribution in [0, 0.1) is 0 Å². The van der Waals surface area contributed by atoms with Crippen molar-refractivity contribution >= 4 is 22.1 Å². The Labute approximate surface area is 129 Å². The predicted molar refractivity (Wildman–Crippen MR) is 95.3 cm³/mol. The fourth-order valence-electron chi connectivity index (χ4n) is 3.18. The van der Waals surface area contributed by atoms with Gasteiger partial charge in [-0.1, -0.05) is 48.5 Å². The zero-order chi connectivity index (χ0) is 15.3. The van der Waals surface area contributed by atoms with Gasteiger partial charge in [0.05, 0.1) is 0 Å². The van der Waals surface area contributed by atoms with E-state index < -0.39 is 0 Å². The van der Waals surface area contributed by atoms with Crippen LogP contribution in [0.15, 0.2) is 0 Å². The summed E-state index contributed by atoms with van der Waals surface area (Å²) in [5, 5.41) is 0. The first-order chi connectivity index (χ1) is 9.49. The van der Waals surface area contributed by atoms with Crippen LogP contribution in [0.3, 0.4) is 0 Å². The fourth-order valence-corrected chi connectivity index (χ4v) is 3.18. The van der Waals surface area contributed by atoms with Gasteiger partial charge < -0.3 is 14.2 Å². The minimum Gasteiger partial charge on any atom is -0.361 e. The molecule has 6 heteroatoms. The number of hydrogen-bond acceptors (Lipinski definition) is 3. The Morgan fingerprint density at radius 2 is 1.15 bits per heavy atom. The third-order valence-corrected chi connectivity index (χ3v) is 5.35. The summed E-state index contributed by atoms with van der Waals surface area (Å²) in [5.74, 6) is 0. The van der Waals surface area contributed by atoms with Crippen molar-refractivity contribution < 1.29 is 0 Å². The highest BCUT2D eigenvalue weighted by Gasteiger charge is 2.41. The molecule has 0 radical (unpaired) electrons. The van der Waals surface area contributed by atoms with Crippen molar-refractivity contribution in [2.45, 2.75) is 92.2 Å². The topological polar surface area (TPSA) is 9.72 Å². The van der Waals surface area contributed by atoms with Crippen LogP contribution >= 0.6 is 0 Å². The van der Waals surface area contributed by atoms with Crippen LogP contribution in [0.5, 0.6) is 0 Å². The van der Waals surface area contributed by atoms with Crippen LogP contribution in [0.4, 0.5) is 0 Å². The molecule has 1 aliphatic rings.